The molecule has 7 rings (SSSR count). The molecule has 37 heavy (non-hydrogen) atoms. The van der Waals surface area contributed by atoms with Crippen LogP contribution < -0.4 is 15.0 Å². The molecule has 2 heterocycles. The van der Waals surface area contributed by atoms with Gasteiger partial charge in [-0.1, -0.05) is 42.5 Å². The highest BCUT2D eigenvalue weighted by Gasteiger charge is 2.53. The molecule has 2 aliphatic heterocycles. The predicted octanol–water partition coefficient (Wildman–Crippen LogP) is 5.95. The quantitative estimate of drug-likeness (QED) is 0.488. The van der Waals surface area contributed by atoms with Crippen molar-refractivity contribution in [3.63, 3.8) is 0 Å². The molecule has 0 radical (unpaired) electrons. The molecule has 0 spiro atoms. The first-order valence-electron chi connectivity index (χ1n) is 13.8. The van der Waals surface area contributed by atoms with E-state index in [2.05, 4.69) is 58.7 Å². The molecule has 3 fully saturated rings. The third-order valence-corrected chi connectivity index (χ3v) is 9.49. The standard InChI is InChI=1S/C32H35N3O2/c1-37-28-10-6-5-9-27(28)34-15-17-35(18-16-34)32(36)24-13-14-26-25(20-24)29-22-11-12-23(19-22)30(29)31(33-26)21-7-3-2-4-8-21/h2-10,13-14,20,22-23,29-31,33H,11-12,15-19H2,1H3/t22-,23+,29-,30+,31+/m1/s1. The van der Waals surface area contributed by atoms with E-state index in [9.17, 15) is 4.79 Å². The molecule has 0 aromatic heterocycles. The van der Waals surface area contributed by atoms with Crippen molar-refractivity contribution in [3.8, 4) is 5.75 Å². The molecule has 190 valence electrons. The Hall–Kier alpha value is -3.47. The average Bonchev–Trinajstić information content (AvgIpc) is 3.60. The maximum Gasteiger partial charge on any atom is 0.253 e. The summed E-state index contributed by atoms with van der Waals surface area (Å²) in [6, 6.07) is 25.9. The summed E-state index contributed by atoms with van der Waals surface area (Å²) in [7, 11) is 1.71. The third kappa shape index (κ3) is 3.78. The van der Waals surface area contributed by atoms with Crippen LogP contribution in [0, 0.1) is 17.8 Å². The Morgan fingerprint density at radius 2 is 1.65 bits per heavy atom. The molecule has 2 saturated carbocycles. The van der Waals surface area contributed by atoms with E-state index in [1.54, 1.807) is 7.11 Å². The Bertz CT molecular complexity index is 1300. The molecule has 3 aromatic rings. The summed E-state index contributed by atoms with van der Waals surface area (Å²) in [5, 5.41) is 3.91. The number of hydrogen-bond acceptors (Lipinski definition) is 4. The van der Waals surface area contributed by atoms with Gasteiger partial charge in [0.2, 0.25) is 0 Å². The number of carbonyl (C=O) groups is 1. The van der Waals surface area contributed by atoms with Gasteiger partial charge in [-0.2, -0.15) is 0 Å². The van der Waals surface area contributed by atoms with Gasteiger partial charge in [0.25, 0.3) is 5.91 Å². The summed E-state index contributed by atoms with van der Waals surface area (Å²) in [6.45, 7) is 3.07. The van der Waals surface area contributed by atoms with Crippen LogP contribution in [0.1, 0.15) is 52.7 Å². The van der Waals surface area contributed by atoms with Gasteiger partial charge in [-0.3, -0.25) is 4.79 Å². The number of methoxy groups -OCH3 is 1. The number of benzene rings is 3. The lowest BCUT2D eigenvalue weighted by Gasteiger charge is -2.44. The molecule has 2 aliphatic carbocycles. The lowest BCUT2D eigenvalue weighted by molar-refractivity contribution is 0.0746. The number of ether oxygens (including phenoxy) is 1. The summed E-state index contributed by atoms with van der Waals surface area (Å²) in [5.74, 6) is 3.74. The van der Waals surface area contributed by atoms with Crippen molar-refractivity contribution in [2.45, 2.75) is 31.2 Å². The van der Waals surface area contributed by atoms with Crippen molar-refractivity contribution < 1.29 is 9.53 Å². The number of nitrogens with zero attached hydrogens (tertiary/aromatic N) is 2. The zero-order valence-electron chi connectivity index (χ0n) is 21.5. The predicted molar refractivity (Wildman–Crippen MR) is 147 cm³/mol. The van der Waals surface area contributed by atoms with Crippen LogP contribution in [0.25, 0.3) is 0 Å². The average molecular weight is 494 g/mol. The van der Waals surface area contributed by atoms with E-state index < -0.39 is 0 Å². The highest BCUT2D eigenvalue weighted by atomic mass is 16.5. The fourth-order valence-corrected chi connectivity index (χ4v) is 7.83. The van der Waals surface area contributed by atoms with Crippen molar-refractivity contribution in [2.24, 2.45) is 17.8 Å². The van der Waals surface area contributed by atoms with Crippen LogP contribution in [0.4, 0.5) is 11.4 Å². The monoisotopic (exact) mass is 493 g/mol. The number of amides is 1. The van der Waals surface area contributed by atoms with Crippen molar-refractivity contribution in [3.05, 3.63) is 89.5 Å². The highest BCUT2D eigenvalue weighted by molar-refractivity contribution is 5.95. The first-order chi connectivity index (χ1) is 18.2. The first kappa shape index (κ1) is 22.7. The van der Waals surface area contributed by atoms with Crippen molar-refractivity contribution in [1.82, 2.24) is 4.90 Å². The lowest BCUT2D eigenvalue weighted by atomic mass is 9.68. The van der Waals surface area contributed by atoms with Crippen LogP contribution in [-0.4, -0.2) is 44.1 Å². The summed E-state index contributed by atoms with van der Waals surface area (Å²) in [5.41, 5.74) is 5.94. The van der Waals surface area contributed by atoms with Gasteiger partial charge in [-0.25, -0.2) is 0 Å². The van der Waals surface area contributed by atoms with Crippen LogP contribution in [-0.2, 0) is 0 Å². The minimum absolute atomic E-state index is 0.160. The molecule has 5 nitrogen and oxygen atoms in total. The van der Waals surface area contributed by atoms with Gasteiger partial charge >= 0.3 is 0 Å². The molecule has 3 aromatic carbocycles. The molecule has 1 saturated heterocycles. The van der Waals surface area contributed by atoms with Crippen molar-refractivity contribution in [2.75, 3.05) is 43.5 Å². The number of nitrogens with one attached hydrogen (secondary N) is 1. The van der Waals surface area contributed by atoms with E-state index in [1.807, 2.05) is 29.2 Å². The van der Waals surface area contributed by atoms with Crippen molar-refractivity contribution >= 4 is 17.3 Å². The van der Waals surface area contributed by atoms with E-state index in [0.717, 1.165) is 55.0 Å². The van der Waals surface area contributed by atoms with Gasteiger partial charge in [-0.15, -0.1) is 0 Å². The Morgan fingerprint density at radius 3 is 2.46 bits per heavy atom. The van der Waals surface area contributed by atoms with E-state index in [0.29, 0.717) is 17.9 Å². The molecule has 1 amide bonds. The van der Waals surface area contributed by atoms with Gasteiger partial charge in [0.1, 0.15) is 5.75 Å². The second kappa shape index (κ2) is 9.13. The Balaban J connectivity index is 1.12. The second-order valence-electron chi connectivity index (χ2n) is 11.2. The molecule has 0 unspecified atom stereocenters. The molecular weight excluding hydrogens is 458 g/mol. The van der Waals surface area contributed by atoms with Gasteiger partial charge in [0.15, 0.2) is 0 Å². The molecule has 5 heteroatoms. The molecule has 4 aliphatic rings. The third-order valence-electron chi connectivity index (χ3n) is 9.49. The van der Waals surface area contributed by atoms with Crippen molar-refractivity contribution in [1.29, 1.82) is 0 Å². The van der Waals surface area contributed by atoms with E-state index in [4.69, 9.17) is 4.74 Å². The molecular formula is C32H35N3O2. The molecule has 5 atom stereocenters. The second-order valence-corrected chi connectivity index (χ2v) is 11.2. The number of piperazine rings is 1. The zero-order chi connectivity index (χ0) is 24.9. The number of para-hydroxylation sites is 2. The minimum atomic E-state index is 0.160. The zero-order valence-corrected chi connectivity index (χ0v) is 21.5. The Kier molecular flexibility index (Phi) is 5.60. The van der Waals surface area contributed by atoms with Crippen LogP contribution in [0.3, 0.4) is 0 Å². The van der Waals surface area contributed by atoms with Gasteiger partial charge in [-0.05, 0) is 84.4 Å². The summed E-state index contributed by atoms with van der Waals surface area (Å²) in [4.78, 5) is 18.0. The Morgan fingerprint density at radius 1 is 0.892 bits per heavy atom. The fraction of sp³-hybridized carbons (Fsp3) is 0.406. The Labute approximate surface area is 219 Å². The SMILES string of the molecule is COc1ccccc1N1CCN(C(=O)c2ccc3c(c2)[C@H]2[C@@H]4CC[C@@H](C4)[C@@H]2[C@H](c2ccccc2)N3)CC1. The number of carbonyl (C=O) groups excluding carboxylic acids is 1. The summed E-state index contributed by atoms with van der Waals surface area (Å²) < 4.78 is 5.56. The topological polar surface area (TPSA) is 44.8 Å². The van der Waals surface area contributed by atoms with E-state index >= 15 is 0 Å². The largest absolute Gasteiger partial charge is 0.495 e. The maximum atomic E-state index is 13.7. The lowest BCUT2D eigenvalue weighted by Crippen LogP contribution is -2.49. The maximum absolute atomic E-state index is 13.7. The van der Waals surface area contributed by atoms with E-state index in [-0.39, 0.29) is 5.91 Å². The van der Waals surface area contributed by atoms with Crippen LogP contribution in [0.2, 0.25) is 0 Å². The smallest absolute Gasteiger partial charge is 0.253 e. The number of hydrogen-bond donors (Lipinski definition) is 1. The molecule has 1 N–H and O–H groups in total. The fourth-order valence-electron chi connectivity index (χ4n) is 7.83. The van der Waals surface area contributed by atoms with Crippen LogP contribution in [0.15, 0.2) is 72.8 Å². The van der Waals surface area contributed by atoms with E-state index in [1.165, 1.54) is 36.1 Å². The number of rotatable bonds is 4. The normalized spacial score (nSPS) is 27.9. The highest BCUT2D eigenvalue weighted by Crippen LogP contribution is 2.63. The van der Waals surface area contributed by atoms with Crippen LogP contribution in [0.5, 0.6) is 5.75 Å². The van der Waals surface area contributed by atoms with Gasteiger partial charge in [0, 0.05) is 37.4 Å². The number of fused-ring (bicyclic) bond motifs is 7. The minimum Gasteiger partial charge on any atom is -0.495 e. The summed E-state index contributed by atoms with van der Waals surface area (Å²) in [6.07, 6.45) is 4.01. The number of anilines is 2. The summed E-state index contributed by atoms with van der Waals surface area (Å²) >= 11 is 0. The first-order valence-corrected chi connectivity index (χ1v) is 13.8. The molecule has 2 bridgehead atoms. The van der Waals surface area contributed by atoms with Crippen LogP contribution >= 0.6 is 0 Å². The van der Waals surface area contributed by atoms with Gasteiger partial charge in [0.05, 0.1) is 18.8 Å². The van der Waals surface area contributed by atoms with Gasteiger partial charge < -0.3 is 19.9 Å².